The number of carbonyl (C=O) groups excluding carboxylic acids is 1. The highest BCUT2D eigenvalue weighted by Gasteiger charge is 2.28. The second-order valence-electron chi connectivity index (χ2n) is 3.95. The molecule has 2 aliphatic rings. The van der Waals surface area contributed by atoms with E-state index in [1.807, 2.05) is 12.2 Å². The third-order valence-corrected chi connectivity index (χ3v) is 4.33. The van der Waals surface area contributed by atoms with Crippen molar-refractivity contribution in [1.82, 2.24) is 9.80 Å². The van der Waals surface area contributed by atoms with Crippen LogP contribution >= 0.6 is 24.0 Å². The van der Waals surface area contributed by atoms with Crippen LogP contribution in [0.2, 0.25) is 0 Å². The van der Waals surface area contributed by atoms with E-state index in [1.54, 1.807) is 7.05 Å². The lowest BCUT2D eigenvalue weighted by molar-refractivity contribution is -0.121. The van der Waals surface area contributed by atoms with E-state index in [0.717, 1.165) is 17.9 Å². The van der Waals surface area contributed by atoms with Gasteiger partial charge in [-0.2, -0.15) is 0 Å². The lowest BCUT2D eigenvalue weighted by Crippen LogP contribution is -2.22. The van der Waals surface area contributed by atoms with Crippen molar-refractivity contribution in [3.8, 4) is 0 Å². The molecule has 0 aromatic carbocycles. The number of thioether (sulfide) groups is 1. The number of hydrogen-bond donors (Lipinski definition) is 0. The van der Waals surface area contributed by atoms with Gasteiger partial charge in [-0.25, -0.2) is 0 Å². The fraction of sp³-hybridized carbons (Fsp3) is 0.455. The monoisotopic (exact) mass is 254 g/mol. The molecule has 86 valence electrons. The van der Waals surface area contributed by atoms with Crippen LogP contribution in [0.4, 0.5) is 0 Å². The molecule has 16 heavy (non-hydrogen) atoms. The molecule has 0 aromatic rings. The number of likely N-dealkylation sites (tertiary alicyclic amines) is 1. The van der Waals surface area contributed by atoms with E-state index in [4.69, 9.17) is 12.2 Å². The van der Waals surface area contributed by atoms with E-state index in [9.17, 15) is 4.79 Å². The molecule has 0 N–H and O–H groups in total. The first kappa shape index (κ1) is 11.7. The second-order valence-corrected chi connectivity index (χ2v) is 5.62. The number of allylic oxidation sites excluding steroid dienone is 3. The number of nitrogens with zero attached hydrogens (tertiary/aromatic N) is 2. The summed E-state index contributed by atoms with van der Waals surface area (Å²) in [5.41, 5.74) is 1.29. The highest BCUT2D eigenvalue weighted by atomic mass is 32.2. The van der Waals surface area contributed by atoms with Crippen molar-refractivity contribution in [2.45, 2.75) is 12.8 Å². The van der Waals surface area contributed by atoms with Crippen molar-refractivity contribution >= 4 is 34.2 Å². The molecule has 0 saturated carbocycles. The van der Waals surface area contributed by atoms with Crippen LogP contribution in [-0.2, 0) is 4.79 Å². The van der Waals surface area contributed by atoms with Crippen molar-refractivity contribution in [2.75, 3.05) is 20.6 Å². The number of carbonyl (C=O) groups is 1. The van der Waals surface area contributed by atoms with Gasteiger partial charge < -0.3 is 4.90 Å². The number of hydrogen-bond acceptors (Lipinski definition) is 4. The lowest BCUT2D eigenvalue weighted by atomic mass is 10.3. The molecule has 5 heteroatoms. The predicted molar refractivity (Wildman–Crippen MR) is 71.0 cm³/mol. The largest absolute Gasteiger partial charge is 0.378 e. The molecule has 0 radical (unpaired) electrons. The van der Waals surface area contributed by atoms with Crippen molar-refractivity contribution < 1.29 is 4.79 Å². The van der Waals surface area contributed by atoms with Crippen LogP contribution in [0.5, 0.6) is 0 Å². The zero-order chi connectivity index (χ0) is 11.7. The molecule has 2 aliphatic heterocycles. The van der Waals surface area contributed by atoms with Gasteiger partial charge in [-0.1, -0.05) is 24.0 Å². The summed E-state index contributed by atoms with van der Waals surface area (Å²) < 4.78 is 0.634. The minimum atomic E-state index is 0.00694. The van der Waals surface area contributed by atoms with Gasteiger partial charge in [-0.15, -0.1) is 0 Å². The molecule has 0 spiro atoms. The molecular formula is C11H14N2OS2. The summed E-state index contributed by atoms with van der Waals surface area (Å²) in [4.78, 5) is 16.2. The first-order valence-electron chi connectivity index (χ1n) is 5.21. The van der Waals surface area contributed by atoms with Crippen LogP contribution < -0.4 is 0 Å². The maximum Gasteiger partial charge on any atom is 0.265 e. The fourth-order valence-corrected chi connectivity index (χ4v) is 2.89. The SMILES string of the molecule is CN1C(=O)/C(=C/C=C2/CCCN2C)SC1=S. The summed E-state index contributed by atoms with van der Waals surface area (Å²) in [6, 6.07) is 0. The molecule has 2 saturated heterocycles. The molecule has 3 nitrogen and oxygen atoms in total. The molecule has 1 amide bonds. The number of likely N-dealkylation sites (N-methyl/N-ethyl adjacent to an activating group) is 1. The van der Waals surface area contributed by atoms with Gasteiger partial charge in [0, 0.05) is 26.3 Å². The topological polar surface area (TPSA) is 23.6 Å². The van der Waals surface area contributed by atoms with Gasteiger partial charge in [-0.05, 0) is 25.0 Å². The van der Waals surface area contributed by atoms with Gasteiger partial charge in [0.2, 0.25) is 0 Å². The Morgan fingerprint density at radius 2 is 2.12 bits per heavy atom. The van der Waals surface area contributed by atoms with Gasteiger partial charge in [0.25, 0.3) is 5.91 Å². The first-order chi connectivity index (χ1) is 7.59. The van der Waals surface area contributed by atoms with Crippen LogP contribution in [0.25, 0.3) is 0 Å². The summed E-state index contributed by atoms with van der Waals surface area (Å²) in [6.45, 7) is 1.11. The number of thiocarbonyl (C=S) groups is 1. The Kier molecular flexibility index (Phi) is 3.35. The van der Waals surface area contributed by atoms with Crippen molar-refractivity contribution in [3.05, 3.63) is 22.8 Å². The fourth-order valence-electron chi connectivity index (χ4n) is 1.77. The molecule has 0 bridgehead atoms. The predicted octanol–water partition coefficient (Wildman–Crippen LogP) is 1.97. The molecule has 2 heterocycles. The minimum absolute atomic E-state index is 0.00694. The standard InChI is InChI=1S/C11H14N2OS2/c1-12-7-3-4-8(12)5-6-9-10(14)13(2)11(15)16-9/h5-6H,3-4,7H2,1-2H3/b8-5-,9-6-. The average Bonchev–Trinajstić information content (AvgIpc) is 2.76. The summed E-state index contributed by atoms with van der Waals surface area (Å²) in [5, 5.41) is 0. The van der Waals surface area contributed by atoms with Crippen LogP contribution in [-0.4, -0.2) is 40.7 Å². The van der Waals surface area contributed by atoms with Crippen LogP contribution in [0, 0.1) is 0 Å². The van der Waals surface area contributed by atoms with E-state index in [0.29, 0.717) is 4.32 Å². The summed E-state index contributed by atoms with van der Waals surface area (Å²) in [7, 11) is 3.80. The zero-order valence-corrected chi connectivity index (χ0v) is 11.0. The van der Waals surface area contributed by atoms with Gasteiger partial charge >= 0.3 is 0 Å². The van der Waals surface area contributed by atoms with E-state index < -0.39 is 0 Å². The highest BCUT2D eigenvalue weighted by Crippen LogP contribution is 2.30. The van der Waals surface area contributed by atoms with Gasteiger partial charge in [0.15, 0.2) is 0 Å². The summed E-state index contributed by atoms with van der Waals surface area (Å²) in [6.07, 6.45) is 6.22. The molecule has 0 unspecified atom stereocenters. The third-order valence-electron chi connectivity index (χ3n) is 2.83. The molecule has 0 aliphatic carbocycles. The number of rotatable bonds is 1. The van der Waals surface area contributed by atoms with Crippen LogP contribution in [0.3, 0.4) is 0 Å². The van der Waals surface area contributed by atoms with Crippen LogP contribution in [0.1, 0.15) is 12.8 Å². The average molecular weight is 254 g/mol. The second kappa shape index (κ2) is 4.59. The maximum atomic E-state index is 11.7. The van der Waals surface area contributed by atoms with E-state index in [2.05, 4.69) is 11.9 Å². The van der Waals surface area contributed by atoms with Crippen molar-refractivity contribution in [2.24, 2.45) is 0 Å². The Bertz CT molecular complexity index is 401. The quantitative estimate of drug-likeness (QED) is 0.527. The molecule has 2 fully saturated rings. The first-order valence-corrected chi connectivity index (χ1v) is 6.44. The Hall–Kier alpha value is -0.810. The van der Waals surface area contributed by atoms with E-state index >= 15 is 0 Å². The van der Waals surface area contributed by atoms with Gasteiger partial charge in [0.1, 0.15) is 4.32 Å². The van der Waals surface area contributed by atoms with Crippen molar-refractivity contribution in [3.63, 3.8) is 0 Å². The Labute approximate surface area is 105 Å². The summed E-state index contributed by atoms with van der Waals surface area (Å²) >= 11 is 6.44. The molecule has 2 rings (SSSR count). The smallest absolute Gasteiger partial charge is 0.265 e. The Morgan fingerprint density at radius 3 is 2.62 bits per heavy atom. The van der Waals surface area contributed by atoms with Crippen LogP contribution in [0.15, 0.2) is 22.8 Å². The Balaban J connectivity index is 2.14. The highest BCUT2D eigenvalue weighted by molar-refractivity contribution is 8.26. The molecule has 0 atom stereocenters. The Morgan fingerprint density at radius 1 is 1.38 bits per heavy atom. The van der Waals surface area contributed by atoms with E-state index in [1.165, 1.54) is 28.8 Å². The maximum absolute atomic E-state index is 11.7. The summed E-state index contributed by atoms with van der Waals surface area (Å²) in [5.74, 6) is 0.00694. The zero-order valence-electron chi connectivity index (χ0n) is 9.40. The number of amides is 1. The lowest BCUT2D eigenvalue weighted by Gasteiger charge is -2.11. The molecule has 0 aromatic heterocycles. The molecular weight excluding hydrogens is 240 g/mol. The van der Waals surface area contributed by atoms with Gasteiger partial charge in [-0.3, -0.25) is 9.69 Å². The normalized spacial score (nSPS) is 26.6. The third kappa shape index (κ3) is 2.15. The van der Waals surface area contributed by atoms with E-state index in [-0.39, 0.29) is 5.91 Å². The minimum Gasteiger partial charge on any atom is -0.378 e. The van der Waals surface area contributed by atoms with Gasteiger partial charge in [0.05, 0.1) is 4.91 Å². The van der Waals surface area contributed by atoms with Crippen molar-refractivity contribution in [1.29, 1.82) is 0 Å².